The van der Waals surface area contributed by atoms with Gasteiger partial charge in [0.25, 0.3) is 0 Å². The first kappa shape index (κ1) is 15.5. The molecule has 1 aliphatic rings. The maximum atomic E-state index is 11.8. The molecule has 21 heavy (non-hydrogen) atoms. The van der Waals surface area contributed by atoms with Crippen molar-refractivity contribution in [3.05, 3.63) is 16.0 Å². The van der Waals surface area contributed by atoms with E-state index in [2.05, 4.69) is 11.4 Å². The van der Waals surface area contributed by atoms with Crippen molar-refractivity contribution in [2.45, 2.75) is 25.7 Å². The fourth-order valence-corrected chi connectivity index (χ4v) is 4.31. The van der Waals surface area contributed by atoms with E-state index in [1.807, 2.05) is 0 Å². The number of aryl methyl sites for hydroxylation is 1. The van der Waals surface area contributed by atoms with Crippen LogP contribution >= 0.6 is 11.3 Å². The van der Waals surface area contributed by atoms with Crippen molar-refractivity contribution < 1.29 is 13.2 Å². The van der Waals surface area contributed by atoms with Gasteiger partial charge in [0.2, 0.25) is 5.91 Å². The first-order valence-corrected chi connectivity index (χ1v) is 9.02. The highest BCUT2D eigenvalue weighted by molar-refractivity contribution is 7.92. The Bertz CT molecular complexity index is 751. The number of carbonyl (C=O) groups is 1. The van der Waals surface area contributed by atoms with Crippen LogP contribution in [0.15, 0.2) is 0 Å². The predicted octanol–water partition coefficient (Wildman–Crippen LogP) is 1.38. The Morgan fingerprint density at radius 3 is 2.67 bits per heavy atom. The molecule has 1 heterocycles. The molecule has 0 bridgehead atoms. The van der Waals surface area contributed by atoms with Crippen LogP contribution in [0.2, 0.25) is 0 Å². The number of anilines is 1. The Labute approximate surface area is 126 Å². The van der Waals surface area contributed by atoms with Gasteiger partial charge in [0.05, 0.1) is 11.6 Å². The van der Waals surface area contributed by atoms with E-state index in [1.54, 1.807) is 0 Å². The summed E-state index contributed by atoms with van der Waals surface area (Å²) in [5.41, 5.74) is 1.42. The minimum atomic E-state index is -3.72. The molecule has 1 aromatic heterocycles. The van der Waals surface area contributed by atoms with Gasteiger partial charge in [-0.15, -0.1) is 11.3 Å². The van der Waals surface area contributed by atoms with Gasteiger partial charge in [0, 0.05) is 4.88 Å². The smallest absolute Gasteiger partial charge is 0.240 e. The standard InChI is InChI=1S/C13H13N3O3S2/c14-5-6-21(18,19)8-12(17)16-13-10(7-15)9-3-1-2-4-11(9)20-13/h1-4,6,8H2,(H,16,17). The SMILES string of the molecule is N#CCS(=O)(=O)CC(=O)Nc1sc2c(c1C#N)CCCC2. The predicted molar refractivity (Wildman–Crippen MR) is 78.6 cm³/mol. The summed E-state index contributed by atoms with van der Waals surface area (Å²) in [6.45, 7) is 0. The first-order chi connectivity index (χ1) is 9.96. The molecule has 1 N–H and O–H groups in total. The quantitative estimate of drug-likeness (QED) is 0.899. The van der Waals surface area contributed by atoms with Crippen LogP contribution in [0.4, 0.5) is 5.00 Å². The Kier molecular flexibility index (Phi) is 4.61. The fourth-order valence-electron chi connectivity index (χ4n) is 2.28. The Morgan fingerprint density at radius 1 is 1.29 bits per heavy atom. The monoisotopic (exact) mass is 323 g/mol. The van der Waals surface area contributed by atoms with E-state index in [-0.39, 0.29) is 0 Å². The second-order valence-electron chi connectivity index (χ2n) is 4.77. The third-order valence-corrected chi connectivity index (χ3v) is 5.65. The Hall–Kier alpha value is -1.90. The zero-order valence-corrected chi connectivity index (χ0v) is 12.8. The molecular weight excluding hydrogens is 310 g/mol. The zero-order chi connectivity index (χ0) is 15.5. The van der Waals surface area contributed by atoms with Crippen LogP contribution in [-0.4, -0.2) is 25.8 Å². The molecule has 0 fully saturated rings. The van der Waals surface area contributed by atoms with E-state index in [4.69, 9.17) is 5.26 Å². The highest BCUT2D eigenvalue weighted by Crippen LogP contribution is 2.37. The van der Waals surface area contributed by atoms with E-state index in [0.717, 1.165) is 36.1 Å². The van der Waals surface area contributed by atoms with Gasteiger partial charge < -0.3 is 5.32 Å². The largest absolute Gasteiger partial charge is 0.316 e. The third-order valence-electron chi connectivity index (χ3n) is 3.17. The van der Waals surface area contributed by atoms with E-state index in [0.29, 0.717) is 10.6 Å². The number of thiophene rings is 1. The van der Waals surface area contributed by atoms with Crippen molar-refractivity contribution in [3.8, 4) is 12.1 Å². The first-order valence-electron chi connectivity index (χ1n) is 6.38. The van der Waals surface area contributed by atoms with Crippen molar-refractivity contribution in [1.82, 2.24) is 0 Å². The second kappa shape index (κ2) is 6.25. The highest BCUT2D eigenvalue weighted by Gasteiger charge is 2.23. The van der Waals surface area contributed by atoms with Crippen LogP contribution in [-0.2, 0) is 27.5 Å². The second-order valence-corrected chi connectivity index (χ2v) is 7.94. The third kappa shape index (κ3) is 3.60. The van der Waals surface area contributed by atoms with Crippen LogP contribution in [0, 0.1) is 22.7 Å². The molecule has 0 aliphatic heterocycles. The van der Waals surface area contributed by atoms with Crippen molar-refractivity contribution in [1.29, 1.82) is 10.5 Å². The summed E-state index contributed by atoms with van der Waals surface area (Å²) in [4.78, 5) is 12.9. The molecule has 2 rings (SSSR count). The van der Waals surface area contributed by atoms with Crippen molar-refractivity contribution in [2.24, 2.45) is 0 Å². The van der Waals surface area contributed by atoms with Gasteiger partial charge in [-0.05, 0) is 31.2 Å². The summed E-state index contributed by atoms with van der Waals surface area (Å²) in [6.07, 6.45) is 3.78. The van der Waals surface area contributed by atoms with Gasteiger partial charge in [0.15, 0.2) is 9.84 Å². The van der Waals surface area contributed by atoms with E-state index in [9.17, 15) is 18.5 Å². The molecule has 6 nitrogen and oxygen atoms in total. The number of carbonyl (C=O) groups excluding carboxylic acids is 1. The summed E-state index contributed by atoms with van der Waals surface area (Å²) in [5, 5.41) is 20.6. The lowest BCUT2D eigenvalue weighted by molar-refractivity contribution is -0.113. The highest BCUT2D eigenvalue weighted by atomic mass is 32.2. The number of fused-ring (bicyclic) bond motifs is 1. The van der Waals surface area contributed by atoms with Crippen molar-refractivity contribution in [2.75, 3.05) is 16.8 Å². The number of sulfone groups is 1. The lowest BCUT2D eigenvalue weighted by atomic mass is 9.96. The molecule has 0 aromatic carbocycles. The Morgan fingerprint density at radius 2 is 2.00 bits per heavy atom. The lowest BCUT2D eigenvalue weighted by Crippen LogP contribution is -2.24. The summed E-state index contributed by atoms with van der Waals surface area (Å²) in [7, 11) is -3.72. The molecule has 1 aromatic rings. The van der Waals surface area contributed by atoms with Gasteiger partial charge in [-0.1, -0.05) is 0 Å². The topological polar surface area (TPSA) is 111 Å². The van der Waals surface area contributed by atoms with Gasteiger partial charge in [-0.2, -0.15) is 10.5 Å². The number of nitriles is 2. The maximum Gasteiger partial charge on any atom is 0.240 e. The minimum Gasteiger partial charge on any atom is -0.316 e. The maximum absolute atomic E-state index is 11.8. The Balaban J connectivity index is 2.17. The fraction of sp³-hybridized carbons (Fsp3) is 0.462. The average Bonchev–Trinajstić information content (AvgIpc) is 2.74. The number of amides is 1. The number of rotatable bonds is 4. The van der Waals surface area contributed by atoms with Gasteiger partial charge in [-0.3, -0.25) is 4.79 Å². The van der Waals surface area contributed by atoms with E-state index in [1.165, 1.54) is 17.4 Å². The molecule has 1 amide bonds. The zero-order valence-electron chi connectivity index (χ0n) is 11.2. The minimum absolute atomic E-state index is 0.418. The molecule has 0 atom stereocenters. The van der Waals surface area contributed by atoms with Crippen LogP contribution in [0.3, 0.4) is 0 Å². The normalized spacial score (nSPS) is 13.8. The van der Waals surface area contributed by atoms with Gasteiger partial charge >= 0.3 is 0 Å². The summed E-state index contributed by atoms with van der Waals surface area (Å²) in [5.74, 6) is -2.14. The van der Waals surface area contributed by atoms with E-state index < -0.39 is 27.3 Å². The van der Waals surface area contributed by atoms with Crippen molar-refractivity contribution in [3.63, 3.8) is 0 Å². The number of nitrogens with zero attached hydrogens (tertiary/aromatic N) is 2. The molecule has 0 saturated heterocycles. The van der Waals surface area contributed by atoms with Crippen LogP contribution in [0.5, 0.6) is 0 Å². The summed E-state index contributed by atoms with van der Waals surface area (Å²) >= 11 is 1.34. The van der Waals surface area contributed by atoms with Gasteiger partial charge in [0.1, 0.15) is 22.6 Å². The molecule has 1 aliphatic carbocycles. The summed E-state index contributed by atoms with van der Waals surface area (Å²) in [6, 6.07) is 3.61. The van der Waals surface area contributed by atoms with Crippen LogP contribution < -0.4 is 5.32 Å². The molecular formula is C13H13N3O3S2. The average molecular weight is 323 g/mol. The molecule has 0 saturated carbocycles. The van der Waals surface area contributed by atoms with Gasteiger partial charge in [-0.25, -0.2) is 8.42 Å². The molecule has 0 radical (unpaired) electrons. The van der Waals surface area contributed by atoms with Crippen molar-refractivity contribution >= 4 is 32.1 Å². The number of nitrogens with one attached hydrogen (secondary N) is 1. The number of hydrogen-bond donors (Lipinski definition) is 1. The molecule has 110 valence electrons. The lowest BCUT2D eigenvalue weighted by Gasteiger charge is -2.09. The molecule has 0 unspecified atom stereocenters. The molecule has 8 heteroatoms. The van der Waals surface area contributed by atoms with E-state index >= 15 is 0 Å². The molecule has 0 spiro atoms. The summed E-state index contributed by atoms with van der Waals surface area (Å²) < 4.78 is 22.9. The van der Waals surface area contributed by atoms with Crippen LogP contribution in [0.1, 0.15) is 28.8 Å². The number of hydrogen-bond acceptors (Lipinski definition) is 6. The van der Waals surface area contributed by atoms with Crippen LogP contribution in [0.25, 0.3) is 0 Å².